The van der Waals surface area contributed by atoms with E-state index in [0.29, 0.717) is 17.9 Å². The number of amides is 1. The van der Waals surface area contributed by atoms with Crippen molar-refractivity contribution in [2.24, 2.45) is 0 Å². The van der Waals surface area contributed by atoms with Crippen molar-refractivity contribution in [2.75, 3.05) is 18.5 Å². The summed E-state index contributed by atoms with van der Waals surface area (Å²) < 4.78 is 72.7. The van der Waals surface area contributed by atoms with Crippen LogP contribution in [-0.4, -0.2) is 58.2 Å². The average molecular weight is 535 g/mol. The molecule has 0 spiro atoms. The second-order valence-corrected chi connectivity index (χ2v) is 9.36. The Morgan fingerprint density at radius 2 is 2.00 bits per heavy atom. The van der Waals surface area contributed by atoms with E-state index in [-0.39, 0.29) is 46.0 Å². The van der Waals surface area contributed by atoms with Gasteiger partial charge in [-0.3, -0.25) is 4.79 Å². The first kappa shape index (κ1) is 27.8. The SMILES string of the molecule is CCOC(=O)c1nc(C(=O)N2CCCC[C@@H]2C)c(-c2cnc(N[C@@H](CC)C(F)(F)F)cc2C(F)F)s1. The van der Waals surface area contributed by atoms with Crippen molar-refractivity contribution in [1.82, 2.24) is 14.9 Å². The van der Waals surface area contributed by atoms with Gasteiger partial charge in [0.1, 0.15) is 17.6 Å². The molecular weight excluding hydrogens is 507 g/mol. The number of halogens is 5. The molecule has 2 aromatic rings. The predicted molar refractivity (Wildman–Crippen MR) is 124 cm³/mol. The lowest BCUT2D eigenvalue weighted by molar-refractivity contribution is -0.142. The number of likely N-dealkylation sites (tertiary alicyclic amines) is 1. The van der Waals surface area contributed by atoms with Crippen molar-refractivity contribution in [3.05, 3.63) is 28.5 Å². The summed E-state index contributed by atoms with van der Waals surface area (Å²) in [5.41, 5.74) is -1.01. The molecule has 0 bridgehead atoms. The molecule has 2 atom stereocenters. The van der Waals surface area contributed by atoms with Gasteiger partial charge in [0.25, 0.3) is 12.3 Å². The highest BCUT2D eigenvalue weighted by Crippen LogP contribution is 2.39. The molecule has 36 heavy (non-hydrogen) atoms. The Labute approximate surface area is 209 Å². The monoisotopic (exact) mass is 534 g/mol. The molecule has 1 amide bonds. The molecular formula is C23H27F5N4O3S. The maximum atomic E-state index is 14.1. The largest absolute Gasteiger partial charge is 0.461 e. The van der Waals surface area contributed by atoms with Crippen LogP contribution in [0.25, 0.3) is 10.4 Å². The van der Waals surface area contributed by atoms with Crippen LogP contribution in [0.1, 0.15) is 78.7 Å². The minimum atomic E-state index is -4.60. The van der Waals surface area contributed by atoms with Gasteiger partial charge in [0.2, 0.25) is 5.01 Å². The van der Waals surface area contributed by atoms with Crippen molar-refractivity contribution in [3.63, 3.8) is 0 Å². The second kappa shape index (κ2) is 11.5. The zero-order valence-electron chi connectivity index (χ0n) is 20.0. The number of aromatic nitrogens is 2. The number of carbonyl (C=O) groups excluding carboxylic acids is 2. The Bertz CT molecular complexity index is 1090. The fraction of sp³-hybridized carbons (Fsp3) is 0.565. The minimum absolute atomic E-state index is 0.0157. The first-order chi connectivity index (χ1) is 17.0. The second-order valence-electron chi connectivity index (χ2n) is 8.36. The summed E-state index contributed by atoms with van der Waals surface area (Å²) in [6.07, 6.45) is -4.59. The van der Waals surface area contributed by atoms with E-state index in [1.807, 2.05) is 6.92 Å². The van der Waals surface area contributed by atoms with Crippen LogP contribution in [0.15, 0.2) is 12.3 Å². The van der Waals surface area contributed by atoms with Crippen LogP contribution >= 0.6 is 11.3 Å². The van der Waals surface area contributed by atoms with E-state index in [1.54, 1.807) is 11.8 Å². The lowest BCUT2D eigenvalue weighted by atomic mass is 10.0. The van der Waals surface area contributed by atoms with E-state index in [4.69, 9.17) is 4.74 Å². The molecule has 0 saturated carbocycles. The van der Waals surface area contributed by atoms with Crippen molar-refractivity contribution >= 4 is 29.0 Å². The number of thiazole rings is 1. The van der Waals surface area contributed by atoms with Gasteiger partial charge >= 0.3 is 12.1 Å². The van der Waals surface area contributed by atoms with Gasteiger partial charge in [-0.15, -0.1) is 11.3 Å². The summed E-state index contributed by atoms with van der Waals surface area (Å²) >= 11 is 0.707. The summed E-state index contributed by atoms with van der Waals surface area (Å²) in [7, 11) is 0. The van der Waals surface area contributed by atoms with E-state index in [0.717, 1.165) is 31.5 Å². The Balaban J connectivity index is 2.09. The standard InChI is InChI=1S/C23H27F5N4O3S/c1-4-15(23(26,27)28)30-16-10-13(19(24)25)14(11-29-16)18-17(31-20(36-18)22(34)35-5-2)21(33)32-9-7-6-8-12(32)3/h10-12,15,19H,4-9H2,1-3H3,(H,29,30)/t12-,15-/m0/s1. The molecule has 2 aromatic heterocycles. The highest BCUT2D eigenvalue weighted by atomic mass is 32.1. The third-order valence-electron chi connectivity index (χ3n) is 5.88. The van der Waals surface area contributed by atoms with Gasteiger partial charge in [0.15, 0.2) is 0 Å². The molecule has 198 valence electrons. The number of hydrogen-bond acceptors (Lipinski definition) is 7. The number of nitrogens with zero attached hydrogens (tertiary/aromatic N) is 3. The molecule has 1 saturated heterocycles. The number of hydrogen-bond donors (Lipinski definition) is 1. The van der Waals surface area contributed by atoms with Gasteiger partial charge in [0, 0.05) is 29.9 Å². The smallest absolute Gasteiger partial charge is 0.408 e. The van der Waals surface area contributed by atoms with E-state index in [9.17, 15) is 31.5 Å². The molecule has 3 rings (SSSR count). The number of ether oxygens (including phenoxy) is 1. The molecule has 0 aromatic carbocycles. The topological polar surface area (TPSA) is 84.4 Å². The molecule has 0 aliphatic carbocycles. The quantitative estimate of drug-likeness (QED) is 0.326. The van der Waals surface area contributed by atoms with Crippen LogP contribution in [0.3, 0.4) is 0 Å². The number of esters is 1. The number of anilines is 1. The van der Waals surface area contributed by atoms with E-state index in [2.05, 4.69) is 15.3 Å². The Hall–Kier alpha value is -2.83. The Morgan fingerprint density at radius 3 is 2.58 bits per heavy atom. The van der Waals surface area contributed by atoms with E-state index < -0.39 is 36.1 Å². The van der Waals surface area contributed by atoms with E-state index >= 15 is 0 Å². The predicted octanol–water partition coefficient (Wildman–Crippen LogP) is 6.09. The summed E-state index contributed by atoms with van der Waals surface area (Å²) in [4.78, 5) is 35.4. The molecule has 1 N–H and O–H groups in total. The number of carbonyl (C=O) groups is 2. The first-order valence-electron chi connectivity index (χ1n) is 11.6. The number of nitrogens with one attached hydrogen (secondary N) is 1. The lowest BCUT2D eigenvalue weighted by Gasteiger charge is -2.33. The Kier molecular flexibility index (Phi) is 8.85. The van der Waals surface area contributed by atoms with Crippen molar-refractivity contribution in [3.8, 4) is 10.4 Å². The van der Waals surface area contributed by atoms with Crippen LogP contribution < -0.4 is 5.32 Å². The molecule has 0 radical (unpaired) electrons. The average Bonchev–Trinajstić information content (AvgIpc) is 3.27. The summed E-state index contributed by atoms with van der Waals surface area (Å²) in [5, 5.41) is 1.96. The molecule has 3 heterocycles. The highest BCUT2D eigenvalue weighted by Gasteiger charge is 2.39. The van der Waals surface area contributed by atoms with Crippen LogP contribution in [0, 0.1) is 0 Å². The normalized spacial score (nSPS) is 17.2. The highest BCUT2D eigenvalue weighted by molar-refractivity contribution is 7.17. The molecule has 1 aliphatic rings. The number of pyridine rings is 1. The zero-order valence-corrected chi connectivity index (χ0v) is 20.8. The number of alkyl halides is 5. The third-order valence-corrected chi connectivity index (χ3v) is 6.95. The Morgan fingerprint density at radius 1 is 1.28 bits per heavy atom. The lowest BCUT2D eigenvalue weighted by Crippen LogP contribution is -2.42. The van der Waals surface area contributed by atoms with Gasteiger partial charge in [-0.05, 0) is 45.6 Å². The van der Waals surface area contributed by atoms with Gasteiger partial charge in [0.05, 0.1) is 11.5 Å². The van der Waals surface area contributed by atoms with Gasteiger partial charge in [-0.2, -0.15) is 13.2 Å². The summed E-state index contributed by atoms with van der Waals surface area (Å²) in [6.45, 7) is 5.25. The summed E-state index contributed by atoms with van der Waals surface area (Å²) in [6, 6.07) is -1.26. The molecule has 7 nitrogen and oxygen atoms in total. The molecule has 1 fully saturated rings. The molecule has 13 heteroatoms. The fourth-order valence-electron chi connectivity index (χ4n) is 3.98. The van der Waals surface area contributed by atoms with Gasteiger partial charge in [-0.25, -0.2) is 23.5 Å². The van der Waals surface area contributed by atoms with E-state index in [1.165, 1.54) is 6.92 Å². The van der Waals surface area contributed by atoms with Crippen molar-refractivity contribution in [1.29, 1.82) is 0 Å². The zero-order chi connectivity index (χ0) is 26.6. The van der Waals surface area contributed by atoms with Crippen LogP contribution in [-0.2, 0) is 4.74 Å². The third kappa shape index (κ3) is 6.11. The van der Waals surface area contributed by atoms with Crippen molar-refractivity contribution < 1.29 is 36.3 Å². The molecule has 1 aliphatic heterocycles. The fourth-order valence-corrected chi connectivity index (χ4v) is 4.96. The van der Waals surface area contributed by atoms with Gasteiger partial charge < -0.3 is 15.0 Å². The van der Waals surface area contributed by atoms with Crippen LogP contribution in [0.4, 0.5) is 27.8 Å². The molecule has 0 unspecified atom stereocenters. The van der Waals surface area contributed by atoms with Gasteiger partial charge in [-0.1, -0.05) is 6.92 Å². The number of rotatable bonds is 8. The van der Waals surface area contributed by atoms with Crippen molar-refractivity contribution in [2.45, 2.75) is 71.1 Å². The summed E-state index contributed by atoms with van der Waals surface area (Å²) in [5.74, 6) is -1.71. The first-order valence-corrected chi connectivity index (χ1v) is 12.4. The maximum absolute atomic E-state index is 14.1. The van der Waals surface area contributed by atoms with Crippen LogP contribution in [0.2, 0.25) is 0 Å². The maximum Gasteiger partial charge on any atom is 0.408 e. The number of piperidine rings is 1. The van der Waals surface area contributed by atoms with Crippen LogP contribution in [0.5, 0.6) is 0 Å². The minimum Gasteiger partial charge on any atom is -0.461 e.